The van der Waals surface area contributed by atoms with E-state index in [1.807, 2.05) is 0 Å². The molecule has 5 unspecified atom stereocenters. The van der Waals surface area contributed by atoms with Gasteiger partial charge in [0.15, 0.2) is 12.2 Å². The second-order valence-electron chi connectivity index (χ2n) is 27.0. The van der Waals surface area contributed by atoms with Crippen molar-refractivity contribution < 1.29 is 80.2 Å². The standard InChI is InChI=1S/C85H146O17P2/c1-5-9-13-17-21-25-29-33-35-37-39-41-43-47-50-54-58-62-66-70-83(88)96-76-81(102-85(90)72-68-64-60-56-52-48-44-42-40-38-36-34-30-26-22-18-14-10-6-2)78-100-104(93,94)98-74-79(86)73-97-103(91,92)99-77-80(101-84(89)71-67-63-59-55-51-46-32-28-24-20-16-12-8-4)75-95-82(87)69-65-61-57-53-49-45-31-27-23-19-15-11-7-3/h15-16,19-22,25-28,31-36,39-42,79-81,86H,5-14,17-18,23-24,29-30,37-38,43-78H2,1-4H3,(H,91,92)(H,93,94)/b19-15-,20-16-,25-21-,26-22-,31-27-,32-28-,35-33-,36-34-,41-39-,42-40-. The van der Waals surface area contributed by atoms with Gasteiger partial charge in [0.1, 0.15) is 19.3 Å². The van der Waals surface area contributed by atoms with Crippen molar-refractivity contribution in [2.24, 2.45) is 0 Å². The fourth-order valence-electron chi connectivity index (χ4n) is 10.6. The molecule has 0 aromatic rings. The molecule has 0 saturated carbocycles. The predicted molar refractivity (Wildman–Crippen MR) is 427 cm³/mol. The number of unbranched alkanes of at least 4 members (excludes halogenated alkanes) is 30. The summed E-state index contributed by atoms with van der Waals surface area (Å²) in [6.07, 6.45) is 84.5. The monoisotopic (exact) mass is 1500 g/mol. The number of phosphoric ester groups is 2. The first-order valence-electron chi connectivity index (χ1n) is 40.8. The van der Waals surface area contributed by atoms with Gasteiger partial charge in [-0.25, -0.2) is 9.13 Å². The average molecular weight is 1500 g/mol. The van der Waals surface area contributed by atoms with Gasteiger partial charge in [0, 0.05) is 25.7 Å². The van der Waals surface area contributed by atoms with Crippen LogP contribution in [0.2, 0.25) is 0 Å². The number of hydrogen-bond donors (Lipinski definition) is 3. The highest BCUT2D eigenvalue weighted by Crippen LogP contribution is 2.45. The number of aliphatic hydroxyl groups is 1. The summed E-state index contributed by atoms with van der Waals surface area (Å²) in [7, 11) is -9.97. The van der Waals surface area contributed by atoms with Gasteiger partial charge < -0.3 is 33.8 Å². The van der Waals surface area contributed by atoms with Gasteiger partial charge in [0.25, 0.3) is 0 Å². The Morgan fingerprint density at radius 2 is 0.490 bits per heavy atom. The Bertz CT molecular complexity index is 2440. The fraction of sp³-hybridized carbons (Fsp3) is 0.718. The summed E-state index contributed by atoms with van der Waals surface area (Å²) in [5.74, 6) is -2.23. The molecule has 0 aromatic heterocycles. The summed E-state index contributed by atoms with van der Waals surface area (Å²) < 4.78 is 68.6. The number of carbonyl (C=O) groups is 4. The molecule has 0 heterocycles. The molecule has 19 heteroatoms. The minimum atomic E-state index is -4.99. The number of hydrogen-bond acceptors (Lipinski definition) is 15. The van der Waals surface area contributed by atoms with Crippen LogP contribution in [-0.4, -0.2) is 96.7 Å². The summed E-state index contributed by atoms with van der Waals surface area (Å²) in [4.78, 5) is 73.0. The third-order valence-electron chi connectivity index (χ3n) is 16.8. The van der Waals surface area contributed by atoms with Crippen molar-refractivity contribution in [1.82, 2.24) is 0 Å². The lowest BCUT2D eigenvalue weighted by Gasteiger charge is -2.21. The molecule has 0 aliphatic heterocycles. The number of allylic oxidation sites excluding steroid dienone is 20. The summed E-state index contributed by atoms with van der Waals surface area (Å²) in [6, 6.07) is 0. The van der Waals surface area contributed by atoms with Crippen molar-refractivity contribution in [2.45, 2.75) is 354 Å². The maximum atomic E-state index is 13.1. The van der Waals surface area contributed by atoms with Crippen molar-refractivity contribution in [2.75, 3.05) is 39.6 Å². The zero-order chi connectivity index (χ0) is 76.0. The quantitative estimate of drug-likeness (QED) is 0.0169. The van der Waals surface area contributed by atoms with Crippen molar-refractivity contribution in [3.05, 3.63) is 122 Å². The van der Waals surface area contributed by atoms with Gasteiger partial charge in [0.2, 0.25) is 0 Å². The fourth-order valence-corrected chi connectivity index (χ4v) is 12.2. The highest BCUT2D eigenvalue weighted by molar-refractivity contribution is 7.47. The summed E-state index contributed by atoms with van der Waals surface area (Å²) >= 11 is 0. The van der Waals surface area contributed by atoms with Crippen molar-refractivity contribution in [3.8, 4) is 0 Å². The van der Waals surface area contributed by atoms with Gasteiger partial charge in [-0.15, -0.1) is 0 Å². The first kappa shape index (κ1) is 99.5. The Labute approximate surface area is 632 Å². The largest absolute Gasteiger partial charge is 0.472 e. The minimum Gasteiger partial charge on any atom is -0.462 e. The summed E-state index contributed by atoms with van der Waals surface area (Å²) in [5.41, 5.74) is 0. The lowest BCUT2D eigenvalue weighted by molar-refractivity contribution is -0.161. The van der Waals surface area contributed by atoms with E-state index in [2.05, 4.69) is 149 Å². The van der Waals surface area contributed by atoms with Crippen molar-refractivity contribution in [1.29, 1.82) is 0 Å². The van der Waals surface area contributed by atoms with E-state index in [9.17, 15) is 43.2 Å². The number of carbonyl (C=O) groups excluding carboxylic acids is 4. The SMILES string of the molecule is CCC/C=C\C/C=C\CCCCCCCC(=O)OCC(COP(=O)(O)OCC(O)COP(=O)(O)OCC(COC(=O)CCCCCCCC/C=C\C/C=C\C/C=C\CCCCC)OC(=O)CCCCCCCC/C=C\C/C=C\C/C=C\CCCCC)OC(=O)CCCCCCC/C=C\C/C=C\CCC. The second-order valence-corrected chi connectivity index (χ2v) is 29.9. The molecule has 17 nitrogen and oxygen atoms in total. The Hall–Kier alpha value is -4.54. The lowest BCUT2D eigenvalue weighted by Crippen LogP contribution is -2.30. The van der Waals surface area contributed by atoms with E-state index in [0.717, 1.165) is 218 Å². The number of rotatable bonds is 76. The average Bonchev–Trinajstić information content (AvgIpc) is 0.934. The Balaban J connectivity index is 5.39. The normalized spacial score (nSPS) is 14.5. The first-order valence-corrected chi connectivity index (χ1v) is 43.8. The van der Waals surface area contributed by atoms with Crippen LogP contribution in [0.3, 0.4) is 0 Å². The highest BCUT2D eigenvalue weighted by Gasteiger charge is 2.30. The Morgan fingerprint density at radius 1 is 0.269 bits per heavy atom. The van der Waals surface area contributed by atoms with Crippen LogP contribution < -0.4 is 0 Å². The Kier molecular flexibility index (Phi) is 73.3. The molecule has 598 valence electrons. The van der Waals surface area contributed by atoms with Gasteiger partial charge in [0.05, 0.1) is 26.4 Å². The first-order chi connectivity index (χ1) is 50.7. The molecular weight excluding hydrogens is 1350 g/mol. The molecule has 0 spiro atoms. The van der Waals surface area contributed by atoms with E-state index < -0.39 is 97.5 Å². The van der Waals surface area contributed by atoms with E-state index in [4.69, 9.17) is 37.0 Å². The van der Waals surface area contributed by atoms with Gasteiger partial charge in [-0.1, -0.05) is 278 Å². The summed E-state index contributed by atoms with van der Waals surface area (Å²) in [6.45, 7) is 4.65. The molecule has 0 aliphatic rings. The molecule has 3 N–H and O–H groups in total. The molecule has 0 amide bonds. The molecule has 0 aliphatic carbocycles. The zero-order valence-corrected chi connectivity index (χ0v) is 67.2. The van der Waals surface area contributed by atoms with Crippen LogP contribution in [0.15, 0.2) is 122 Å². The molecule has 104 heavy (non-hydrogen) atoms. The number of esters is 4. The van der Waals surface area contributed by atoms with Gasteiger partial charge in [-0.2, -0.15) is 0 Å². The van der Waals surface area contributed by atoms with Crippen LogP contribution in [0.1, 0.15) is 336 Å². The van der Waals surface area contributed by atoms with Crippen LogP contribution in [-0.2, 0) is 65.4 Å². The van der Waals surface area contributed by atoms with Gasteiger partial charge >= 0.3 is 39.5 Å². The minimum absolute atomic E-state index is 0.0737. The highest BCUT2D eigenvalue weighted by atomic mass is 31.2. The van der Waals surface area contributed by atoms with Crippen molar-refractivity contribution >= 4 is 39.5 Å². The van der Waals surface area contributed by atoms with Crippen molar-refractivity contribution in [3.63, 3.8) is 0 Å². The molecule has 0 saturated heterocycles. The number of aliphatic hydroxyl groups excluding tert-OH is 1. The third kappa shape index (κ3) is 75.7. The van der Waals surface area contributed by atoms with E-state index in [0.29, 0.717) is 25.7 Å². The van der Waals surface area contributed by atoms with Crippen LogP contribution in [0.4, 0.5) is 0 Å². The molecule has 0 aromatic carbocycles. The molecule has 0 fully saturated rings. The van der Waals surface area contributed by atoms with Gasteiger partial charge in [-0.05, 0) is 154 Å². The van der Waals surface area contributed by atoms with E-state index >= 15 is 0 Å². The number of ether oxygens (including phenoxy) is 4. The van der Waals surface area contributed by atoms with E-state index in [1.165, 1.54) is 38.5 Å². The zero-order valence-electron chi connectivity index (χ0n) is 65.4. The lowest BCUT2D eigenvalue weighted by atomic mass is 10.1. The molecule has 0 radical (unpaired) electrons. The molecule has 0 rings (SSSR count). The van der Waals surface area contributed by atoms with Crippen LogP contribution in [0, 0.1) is 0 Å². The van der Waals surface area contributed by atoms with Crippen LogP contribution >= 0.6 is 15.6 Å². The topological polar surface area (TPSA) is 237 Å². The maximum absolute atomic E-state index is 13.1. The van der Waals surface area contributed by atoms with E-state index in [1.54, 1.807) is 0 Å². The third-order valence-corrected chi connectivity index (χ3v) is 18.7. The van der Waals surface area contributed by atoms with Crippen LogP contribution in [0.25, 0.3) is 0 Å². The molecule has 0 bridgehead atoms. The predicted octanol–water partition coefficient (Wildman–Crippen LogP) is 23.9. The molecule has 5 atom stereocenters. The maximum Gasteiger partial charge on any atom is 0.472 e. The Morgan fingerprint density at radius 3 is 0.760 bits per heavy atom. The van der Waals surface area contributed by atoms with Crippen LogP contribution in [0.5, 0.6) is 0 Å². The number of phosphoric acid groups is 2. The van der Waals surface area contributed by atoms with Gasteiger partial charge in [-0.3, -0.25) is 37.3 Å². The molecular formula is C85H146O17P2. The second kappa shape index (κ2) is 76.6. The van der Waals surface area contributed by atoms with E-state index in [-0.39, 0.29) is 25.7 Å². The smallest absolute Gasteiger partial charge is 0.462 e. The summed E-state index contributed by atoms with van der Waals surface area (Å²) in [5, 5.41) is 10.6.